The van der Waals surface area contributed by atoms with Gasteiger partial charge in [0.1, 0.15) is 24.2 Å². The molecule has 0 aromatic heterocycles. The van der Waals surface area contributed by atoms with Crippen molar-refractivity contribution in [1.29, 1.82) is 5.26 Å². The van der Waals surface area contributed by atoms with Crippen molar-refractivity contribution < 1.29 is 23.5 Å². The average molecular weight is 337 g/mol. The first kappa shape index (κ1) is 19.4. The maximum absolute atomic E-state index is 13.0. The summed E-state index contributed by atoms with van der Waals surface area (Å²) in [7, 11) is 0. The highest BCUT2D eigenvalue weighted by atomic mass is 19.1. The number of halogens is 1. The predicted molar refractivity (Wildman–Crippen MR) is 83.6 cm³/mol. The second kappa shape index (κ2) is 8.84. The zero-order valence-electron chi connectivity index (χ0n) is 13.8. The first-order chi connectivity index (χ1) is 11.2. The summed E-state index contributed by atoms with van der Waals surface area (Å²) in [5.74, 6) is -1.34. The number of benzene rings is 1. The molecule has 0 aliphatic carbocycles. The molecule has 0 aliphatic rings. The molecule has 130 valence electrons. The van der Waals surface area contributed by atoms with E-state index in [0.717, 1.165) is 12.1 Å². The third-order valence-electron chi connectivity index (χ3n) is 2.60. The van der Waals surface area contributed by atoms with Gasteiger partial charge in [-0.2, -0.15) is 5.26 Å². The van der Waals surface area contributed by atoms with Crippen molar-refractivity contribution in [3.63, 3.8) is 0 Å². The molecule has 1 aromatic carbocycles. The predicted octanol–water partition coefficient (Wildman–Crippen LogP) is 1.93. The van der Waals surface area contributed by atoms with E-state index < -0.39 is 23.5 Å². The fourth-order valence-corrected chi connectivity index (χ4v) is 1.62. The summed E-state index contributed by atoms with van der Waals surface area (Å²) >= 11 is 0. The maximum Gasteiger partial charge on any atom is 0.407 e. The second-order valence-corrected chi connectivity index (χ2v) is 5.81. The number of nitriles is 1. The summed E-state index contributed by atoms with van der Waals surface area (Å²) in [5, 5.41) is 14.2. The van der Waals surface area contributed by atoms with Gasteiger partial charge in [0.2, 0.25) is 0 Å². The molecule has 0 atom stereocenters. The number of amides is 1. The first-order valence-corrected chi connectivity index (χ1v) is 7.27. The van der Waals surface area contributed by atoms with Crippen LogP contribution in [0, 0.1) is 17.1 Å². The summed E-state index contributed by atoms with van der Waals surface area (Å²) in [6.45, 7) is 5.80. The monoisotopic (exact) mass is 337 g/mol. The van der Waals surface area contributed by atoms with Crippen molar-refractivity contribution in [2.45, 2.75) is 26.4 Å². The van der Waals surface area contributed by atoms with Crippen molar-refractivity contribution in [1.82, 2.24) is 10.6 Å². The molecule has 0 unspecified atom stereocenters. The Morgan fingerprint density at radius 2 is 2.00 bits per heavy atom. The van der Waals surface area contributed by atoms with E-state index in [0.29, 0.717) is 6.54 Å². The molecule has 0 bridgehead atoms. The molecule has 7 nitrogen and oxygen atoms in total. The molecule has 2 N–H and O–H groups in total. The lowest BCUT2D eigenvalue weighted by Gasteiger charge is -2.19. The highest BCUT2D eigenvalue weighted by Gasteiger charge is 2.15. The minimum Gasteiger partial charge on any atom is -0.446 e. The van der Waals surface area contributed by atoms with Crippen LogP contribution in [0.4, 0.5) is 9.18 Å². The van der Waals surface area contributed by atoms with E-state index in [4.69, 9.17) is 14.7 Å². The van der Waals surface area contributed by atoms with Gasteiger partial charge in [-0.1, -0.05) is 0 Å². The number of hydrogen-bond donors (Lipinski definition) is 2. The van der Waals surface area contributed by atoms with E-state index in [-0.39, 0.29) is 24.4 Å². The van der Waals surface area contributed by atoms with Crippen molar-refractivity contribution in [3.8, 4) is 6.07 Å². The molecule has 0 fully saturated rings. The van der Waals surface area contributed by atoms with E-state index in [1.165, 1.54) is 6.07 Å². The number of nitrogens with one attached hydrogen (secondary N) is 2. The van der Waals surface area contributed by atoms with Gasteiger partial charge < -0.3 is 14.8 Å². The molecular formula is C16H20FN3O4. The van der Waals surface area contributed by atoms with Crippen molar-refractivity contribution in [2.75, 3.05) is 19.8 Å². The Kier molecular flexibility index (Phi) is 7.14. The lowest BCUT2D eigenvalue weighted by molar-refractivity contribution is 0.0458. The smallest absolute Gasteiger partial charge is 0.407 e. The van der Waals surface area contributed by atoms with Crippen LogP contribution in [0.2, 0.25) is 0 Å². The van der Waals surface area contributed by atoms with Crippen LogP contribution in [-0.4, -0.2) is 37.5 Å². The Morgan fingerprint density at radius 1 is 1.29 bits per heavy atom. The Labute approximate surface area is 139 Å². The largest absolute Gasteiger partial charge is 0.446 e. The van der Waals surface area contributed by atoms with Crippen LogP contribution in [0.25, 0.3) is 0 Å². The Hall–Kier alpha value is -2.66. The summed E-state index contributed by atoms with van der Waals surface area (Å²) in [4.78, 5) is 23.2. The Morgan fingerprint density at radius 3 is 2.62 bits per heavy atom. The second-order valence-electron chi connectivity index (χ2n) is 5.81. The molecule has 1 rings (SSSR count). The van der Waals surface area contributed by atoms with E-state index in [1.807, 2.05) is 0 Å². The highest BCUT2D eigenvalue weighted by Crippen LogP contribution is 2.11. The number of ether oxygens (including phenoxy) is 2. The van der Waals surface area contributed by atoms with Gasteiger partial charge in [-0.3, -0.25) is 5.32 Å². The minimum atomic E-state index is -0.737. The van der Waals surface area contributed by atoms with Crippen LogP contribution in [0.3, 0.4) is 0 Å². The van der Waals surface area contributed by atoms with Gasteiger partial charge >= 0.3 is 12.1 Å². The molecule has 0 heterocycles. The lowest BCUT2D eigenvalue weighted by Crippen LogP contribution is -2.37. The van der Waals surface area contributed by atoms with Crippen LogP contribution >= 0.6 is 0 Å². The van der Waals surface area contributed by atoms with Gasteiger partial charge in [0.25, 0.3) is 0 Å². The van der Waals surface area contributed by atoms with Gasteiger partial charge in [0.15, 0.2) is 0 Å². The zero-order valence-corrected chi connectivity index (χ0v) is 13.8. The molecule has 0 saturated heterocycles. The van der Waals surface area contributed by atoms with Crippen LogP contribution in [0.1, 0.15) is 36.7 Å². The molecule has 0 aliphatic heterocycles. The topological polar surface area (TPSA) is 100 Å². The number of carbonyl (C=O) groups is 2. The standard InChI is InChI=1S/C16H20FN3O4/c1-16(2,3)24-15(22)20-7-6-19-10-23-14(21)13-5-4-12(17)8-11(13)9-18/h4-5,8,19H,6-7,10H2,1-3H3,(H,20,22). The lowest BCUT2D eigenvalue weighted by atomic mass is 10.1. The first-order valence-electron chi connectivity index (χ1n) is 7.27. The van der Waals surface area contributed by atoms with Crippen molar-refractivity contribution in [3.05, 3.63) is 35.1 Å². The Bertz CT molecular complexity index is 635. The van der Waals surface area contributed by atoms with Gasteiger partial charge in [-0.25, -0.2) is 14.0 Å². The van der Waals surface area contributed by atoms with E-state index in [1.54, 1.807) is 26.8 Å². The van der Waals surface area contributed by atoms with Gasteiger partial charge in [-0.15, -0.1) is 0 Å². The molecule has 24 heavy (non-hydrogen) atoms. The number of rotatable bonds is 6. The van der Waals surface area contributed by atoms with E-state index >= 15 is 0 Å². The molecule has 1 aromatic rings. The minimum absolute atomic E-state index is 0.00687. The van der Waals surface area contributed by atoms with Gasteiger partial charge in [0, 0.05) is 13.1 Å². The fraction of sp³-hybridized carbons (Fsp3) is 0.438. The molecule has 0 spiro atoms. The number of esters is 1. The highest BCUT2D eigenvalue weighted by molar-refractivity contribution is 5.92. The zero-order chi connectivity index (χ0) is 18.2. The fourth-order valence-electron chi connectivity index (χ4n) is 1.62. The number of nitrogens with zero attached hydrogens (tertiary/aromatic N) is 1. The average Bonchev–Trinajstić information content (AvgIpc) is 2.48. The van der Waals surface area contributed by atoms with Crippen molar-refractivity contribution in [2.24, 2.45) is 0 Å². The molecule has 0 saturated carbocycles. The molecular weight excluding hydrogens is 317 g/mol. The summed E-state index contributed by atoms with van der Waals surface area (Å²) in [5.41, 5.74) is -0.667. The van der Waals surface area contributed by atoms with E-state index in [9.17, 15) is 14.0 Å². The number of alkyl carbamates (subject to hydrolysis) is 1. The number of hydrogen-bond acceptors (Lipinski definition) is 6. The summed E-state index contributed by atoms with van der Waals surface area (Å²) in [6.07, 6.45) is -0.536. The SMILES string of the molecule is CC(C)(C)OC(=O)NCCNCOC(=O)c1ccc(F)cc1C#N. The van der Waals surface area contributed by atoms with Gasteiger partial charge in [0.05, 0.1) is 11.1 Å². The maximum atomic E-state index is 13.0. The number of carbonyl (C=O) groups excluding carboxylic acids is 2. The van der Waals surface area contributed by atoms with Crippen LogP contribution < -0.4 is 10.6 Å². The quantitative estimate of drug-likeness (QED) is 0.467. The molecule has 8 heteroatoms. The Balaban J connectivity index is 2.28. The molecule has 1 amide bonds. The normalized spacial score (nSPS) is 10.6. The van der Waals surface area contributed by atoms with E-state index in [2.05, 4.69) is 10.6 Å². The van der Waals surface area contributed by atoms with Crippen LogP contribution in [-0.2, 0) is 9.47 Å². The van der Waals surface area contributed by atoms with Crippen molar-refractivity contribution >= 4 is 12.1 Å². The van der Waals surface area contributed by atoms with Crippen LogP contribution in [0.5, 0.6) is 0 Å². The molecule has 0 radical (unpaired) electrons. The third kappa shape index (κ3) is 7.07. The summed E-state index contributed by atoms with van der Waals surface area (Å²) < 4.78 is 23.0. The van der Waals surface area contributed by atoms with Gasteiger partial charge in [-0.05, 0) is 39.0 Å². The third-order valence-corrected chi connectivity index (χ3v) is 2.60. The van der Waals surface area contributed by atoms with Crippen LogP contribution in [0.15, 0.2) is 18.2 Å². The summed E-state index contributed by atoms with van der Waals surface area (Å²) in [6, 6.07) is 4.98.